The fourth-order valence-electron chi connectivity index (χ4n) is 2.09. The highest BCUT2D eigenvalue weighted by Crippen LogP contribution is 2.34. The van der Waals surface area contributed by atoms with Gasteiger partial charge in [0, 0.05) is 5.02 Å². The molecule has 0 saturated carbocycles. The second-order valence-corrected chi connectivity index (χ2v) is 10.8. The highest BCUT2D eigenvalue weighted by molar-refractivity contribution is 6.83. The van der Waals surface area contributed by atoms with Crippen LogP contribution in [-0.4, -0.2) is 13.2 Å². The molecule has 1 nitrogen and oxygen atoms in total. The van der Waals surface area contributed by atoms with E-state index in [1.54, 1.807) is 19.1 Å². The Morgan fingerprint density at radius 3 is 2.12 bits per heavy atom. The van der Waals surface area contributed by atoms with Crippen LogP contribution in [0.4, 0.5) is 0 Å². The zero-order chi connectivity index (χ0) is 13.3. The third kappa shape index (κ3) is 3.11. The van der Waals surface area contributed by atoms with E-state index in [0.717, 1.165) is 10.8 Å². The van der Waals surface area contributed by atoms with E-state index in [2.05, 4.69) is 32.0 Å². The summed E-state index contributed by atoms with van der Waals surface area (Å²) in [4.78, 5) is 0. The Balaban J connectivity index is 3.27. The van der Waals surface area contributed by atoms with Crippen LogP contribution in [0.1, 0.15) is 12.5 Å². The number of aliphatic hydroxyl groups is 1. The van der Waals surface area contributed by atoms with Crippen LogP contribution in [0.25, 0.3) is 0 Å². The lowest BCUT2D eigenvalue weighted by atomic mass is 9.96. The lowest BCUT2D eigenvalue weighted by Crippen LogP contribution is -2.38. The number of benzene rings is 1. The van der Waals surface area contributed by atoms with Gasteiger partial charge in [-0.2, -0.15) is 0 Å². The van der Waals surface area contributed by atoms with Crippen LogP contribution < -0.4 is 0 Å². The van der Waals surface area contributed by atoms with Gasteiger partial charge in [0.25, 0.3) is 0 Å². The maximum absolute atomic E-state index is 10.7. The standard InChI is InChI=1S/C14H19ClOSi/c1-6-13(17(3,4)5)14(2,16)11-7-9-12(15)10-8-11/h7-10,16H,1H2,2-5H3. The smallest absolute Gasteiger partial charge is 0.111 e. The summed E-state index contributed by atoms with van der Waals surface area (Å²) in [5.41, 5.74) is 2.75. The Bertz CT molecular complexity index is 448. The van der Waals surface area contributed by atoms with Gasteiger partial charge in [-0.1, -0.05) is 50.0 Å². The summed E-state index contributed by atoms with van der Waals surface area (Å²) in [6.45, 7) is 12.0. The molecule has 0 aliphatic heterocycles. The van der Waals surface area contributed by atoms with Crippen molar-refractivity contribution in [3.05, 3.63) is 52.4 Å². The molecule has 0 saturated heterocycles. The molecule has 1 aromatic rings. The third-order valence-corrected chi connectivity index (χ3v) is 5.24. The van der Waals surface area contributed by atoms with E-state index in [1.807, 2.05) is 12.1 Å². The summed E-state index contributed by atoms with van der Waals surface area (Å²) >= 11 is 5.86. The second kappa shape index (κ2) is 4.83. The zero-order valence-electron chi connectivity index (χ0n) is 10.8. The van der Waals surface area contributed by atoms with Crippen LogP contribution in [0.2, 0.25) is 24.7 Å². The van der Waals surface area contributed by atoms with Gasteiger partial charge in [-0.05, 0) is 29.8 Å². The number of hydrogen-bond acceptors (Lipinski definition) is 1. The average molecular weight is 267 g/mol. The molecule has 1 aromatic carbocycles. The first kappa shape index (κ1) is 14.3. The summed E-state index contributed by atoms with van der Waals surface area (Å²) in [6, 6.07) is 7.27. The molecular formula is C14H19ClOSi. The molecule has 0 aromatic heterocycles. The highest BCUT2D eigenvalue weighted by Gasteiger charge is 2.36. The van der Waals surface area contributed by atoms with E-state index in [4.69, 9.17) is 11.6 Å². The van der Waals surface area contributed by atoms with Crippen molar-refractivity contribution in [2.45, 2.75) is 32.2 Å². The van der Waals surface area contributed by atoms with E-state index in [9.17, 15) is 5.11 Å². The van der Waals surface area contributed by atoms with Crippen LogP contribution in [0.3, 0.4) is 0 Å². The monoisotopic (exact) mass is 266 g/mol. The first-order chi connectivity index (χ1) is 7.69. The lowest BCUT2D eigenvalue weighted by Gasteiger charge is -2.33. The van der Waals surface area contributed by atoms with Gasteiger partial charge < -0.3 is 5.11 Å². The van der Waals surface area contributed by atoms with Gasteiger partial charge >= 0.3 is 0 Å². The topological polar surface area (TPSA) is 20.2 Å². The highest BCUT2D eigenvalue weighted by atomic mass is 35.5. The van der Waals surface area contributed by atoms with Crippen molar-refractivity contribution in [2.24, 2.45) is 0 Å². The SMILES string of the molecule is C=C=C(C(C)(O)c1ccc(Cl)cc1)[Si](C)(C)C. The first-order valence-corrected chi connectivity index (χ1v) is 9.47. The summed E-state index contributed by atoms with van der Waals surface area (Å²) in [5, 5.41) is 12.3. The lowest BCUT2D eigenvalue weighted by molar-refractivity contribution is 0.105. The first-order valence-electron chi connectivity index (χ1n) is 5.59. The summed E-state index contributed by atoms with van der Waals surface area (Å²) in [7, 11) is -1.66. The molecule has 3 heteroatoms. The van der Waals surface area contributed by atoms with Crippen LogP contribution >= 0.6 is 11.6 Å². The van der Waals surface area contributed by atoms with Crippen molar-refractivity contribution < 1.29 is 5.11 Å². The van der Waals surface area contributed by atoms with E-state index >= 15 is 0 Å². The number of rotatable bonds is 3. The van der Waals surface area contributed by atoms with Gasteiger partial charge in [-0.15, -0.1) is 5.73 Å². The van der Waals surface area contributed by atoms with Gasteiger partial charge in [0.15, 0.2) is 0 Å². The van der Waals surface area contributed by atoms with Gasteiger partial charge in [-0.3, -0.25) is 0 Å². The van der Waals surface area contributed by atoms with Crippen molar-refractivity contribution in [1.82, 2.24) is 0 Å². The van der Waals surface area contributed by atoms with E-state index in [-0.39, 0.29) is 0 Å². The average Bonchev–Trinajstić information content (AvgIpc) is 2.16. The summed E-state index contributed by atoms with van der Waals surface area (Å²) < 4.78 is 0. The molecule has 1 rings (SSSR count). The molecule has 0 radical (unpaired) electrons. The minimum absolute atomic E-state index is 0.668. The van der Waals surface area contributed by atoms with Crippen molar-refractivity contribution >= 4 is 19.7 Å². The Labute approximate surface area is 109 Å². The van der Waals surface area contributed by atoms with Crippen molar-refractivity contribution in [3.63, 3.8) is 0 Å². The molecule has 0 aliphatic carbocycles. The fourth-order valence-corrected chi connectivity index (χ4v) is 4.35. The molecule has 1 atom stereocenters. The van der Waals surface area contributed by atoms with Crippen molar-refractivity contribution in [3.8, 4) is 0 Å². The minimum Gasteiger partial charge on any atom is -0.381 e. The molecular weight excluding hydrogens is 248 g/mol. The number of halogens is 1. The second-order valence-electron chi connectivity index (χ2n) is 5.38. The molecule has 0 fully saturated rings. The quantitative estimate of drug-likeness (QED) is 0.644. The Morgan fingerprint density at radius 1 is 1.29 bits per heavy atom. The molecule has 0 bridgehead atoms. The maximum Gasteiger partial charge on any atom is 0.111 e. The Kier molecular flexibility index (Phi) is 4.05. The molecule has 0 amide bonds. The summed E-state index contributed by atoms with van der Waals surface area (Å²) in [6.07, 6.45) is 0. The molecule has 0 aliphatic rings. The van der Waals surface area contributed by atoms with Crippen molar-refractivity contribution in [1.29, 1.82) is 0 Å². The van der Waals surface area contributed by atoms with Crippen molar-refractivity contribution in [2.75, 3.05) is 0 Å². The van der Waals surface area contributed by atoms with Gasteiger partial charge in [-0.25, -0.2) is 0 Å². The minimum atomic E-state index is -1.66. The molecule has 92 valence electrons. The largest absolute Gasteiger partial charge is 0.381 e. The predicted molar refractivity (Wildman–Crippen MR) is 77.0 cm³/mol. The van der Waals surface area contributed by atoms with Crippen LogP contribution in [-0.2, 0) is 5.60 Å². The molecule has 1 unspecified atom stereocenters. The molecule has 0 heterocycles. The van der Waals surface area contributed by atoms with Crippen LogP contribution in [0.5, 0.6) is 0 Å². The predicted octanol–water partition coefficient (Wildman–Crippen LogP) is 4.14. The Hall–Kier alpha value is -0.793. The van der Waals surface area contributed by atoms with Crippen LogP contribution in [0, 0.1) is 0 Å². The molecule has 1 N–H and O–H groups in total. The van der Waals surface area contributed by atoms with Gasteiger partial charge in [0.1, 0.15) is 5.60 Å². The van der Waals surface area contributed by atoms with Gasteiger partial charge in [0.05, 0.1) is 8.07 Å². The normalized spacial score (nSPS) is 14.9. The van der Waals surface area contributed by atoms with Crippen LogP contribution in [0.15, 0.2) is 41.8 Å². The van der Waals surface area contributed by atoms with E-state index < -0.39 is 13.7 Å². The Morgan fingerprint density at radius 2 is 1.76 bits per heavy atom. The zero-order valence-corrected chi connectivity index (χ0v) is 12.6. The molecule has 17 heavy (non-hydrogen) atoms. The summed E-state index contributed by atoms with van der Waals surface area (Å²) in [5.74, 6) is 0. The maximum atomic E-state index is 10.7. The van der Waals surface area contributed by atoms with Gasteiger partial charge in [0.2, 0.25) is 0 Å². The fraction of sp³-hybridized carbons (Fsp3) is 0.357. The van der Waals surface area contributed by atoms with E-state index in [0.29, 0.717) is 5.02 Å². The third-order valence-electron chi connectivity index (χ3n) is 2.82. The molecule has 0 spiro atoms. The number of hydrogen-bond donors (Lipinski definition) is 1. The van der Waals surface area contributed by atoms with E-state index in [1.165, 1.54) is 0 Å².